The minimum Gasteiger partial charge on any atom is -0.478 e. The molecule has 0 bridgehead atoms. The first kappa shape index (κ1) is 14.9. The van der Waals surface area contributed by atoms with Crippen LogP contribution in [0.4, 0.5) is 0 Å². The number of aromatic carboxylic acids is 1. The third kappa shape index (κ3) is 5.11. The molecule has 0 radical (unpaired) electrons. The van der Waals surface area contributed by atoms with E-state index in [1.807, 2.05) is 6.92 Å². The van der Waals surface area contributed by atoms with Crippen molar-refractivity contribution in [1.82, 2.24) is 0 Å². The largest absolute Gasteiger partial charge is 0.478 e. The van der Waals surface area contributed by atoms with E-state index in [2.05, 4.69) is 0 Å². The second kappa shape index (κ2) is 7.22. The molecule has 0 fully saturated rings. The van der Waals surface area contributed by atoms with Gasteiger partial charge in [-0.1, -0.05) is 12.1 Å². The molecule has 0 aliphatic rings. The number of benzene rings is 1. The van der Waals surface area contributed by atoms with Crippen LogP contribution in [-0.4, -0.2) is 23.7 Å². The molecule has 0 saturated carbocycles. The van der Waals surface area contributed by atoms with Gasteiger partial charge in [-0.15, -0.1) is 12.4 Å². The lowest BCUT2D eigenvalue weighted by Crippen LogP contribution is -2.21. The summed E-state index contributed by atoms with van der Waals surface area (Å²) < 4.78 is 5.31. The molecule has 16 heavy (non-hydrogen) atoms. The highest BCUT2D eigenvalue weighted by Crippen LogP contribution is 2.05. The number of ether oxygens (including phenoxy) is 1. The number of carbonyl (C=O) groups is 1. The highest BCUT2D eigenvalue weighted by molar-refractivity contribution is 5.87. The maximum absolute atomic E-state index is 10.6. The number of nitrogens with two attached hydrogens (primary N) is 1. The first-order chi connectivity index (χ1) is 7.09. The predicted molar refractivity (Wildman–Crippen MR) is 64.0 cm³/mol. The lowest BCUT2D eigenvalue weighted by molar-refractivity contribution is 0.0696. The summed E-state index contributed by atoms with van der Waals surface area (Å²) >= 11 is 0. The second-order valence-electron chi connectivity index (χ2n) is 3.49. The molecule has 0 spiro atoms. The first-order valence-corrected chi connectivity index (χ1v) is 4.75. The molecule has 0 aliphatic carbocycles. The zero-order valence-corrected chi connectivity index (χ0v) is 9.87. The second-order valence-corrected chi connectivity index (χ2v) is 3.49. The van der Waals surface area contributed by atoms with Crippen LogP contribution in [0.25, 0.3) is 0 Å². The summed E-state index contributed by atoms with van der Waals surface area (Å²) in [5.41, 5.74) is 6.75. The van der Waals surface area contributed by atoms with Crippen molar-refractivity contribution in [3.8, 4) is 0 Å². The van der Waals surface area contributed by atoms with Crippen LogP contribution in [0.2, 0.25) is 0 Å². The summed E-state index contributed by atoms with van der Waals surface area (Å²) in [5.74, 6) is -0.918. The quantitative estimate of drug-likeness (QED) is 0.828. The first-order valence-electron chi connectivity index (χ1n) is 4.75. The molecule has 1 atom stereocenters. The fourth-order valence-corrected chi connectivity index (χ4v) is 1.11. The van der Waals surface area contributed by atoms with Crippen molar-refractivity contribution in [2.24, 2.45) is 5.73 Å². The van der Waals surface area contributed by atoms with Gasteiger partial charge in [-0.25, -0.2) is 4.79 Å². The summed E-state index contributed by atoms with van der Waals surface area (Å²) in [7, 11) is 0. The summed E-state index contributed by atoms with van der Waals surface area (Å²) in [6, 6.07) is 6.62. The summed E-state index contributed by atoms with van der Waals surface area (Å²) in [5, 5.41) is 8.68. The van der Waals surface area contributed by atoms with E-state index >= 15 is 0 Å². The van der Waals surface area contributed by atoms with E-state index in [-0.39, 0.29) is 24.0 Å². The average Bonchev–Trinajstić information content (AvgIpc) is 2.18. The smallest absolute Gasteiger partial charge is 0.335 e. The van der Waals surface area contributed by atoms with E-state index < -0.39 is 5.97 Å². The Morgan fingerprint density at radius 3 is 2.44 bits per heavy atom. The Morgan fingerprint density at radius 1 is 1.44 bits per heavy atom. The lowest BCUT2D eigenvalue weighted by Gasteiger charge is -2.06. The van der Waals surface area contributed by atoms with E-state index in [1.165, 1.54) is 0 Å². The van der Waals surface area contributed by atoms with Gasteiger partial charge in [-0.05, 0) is 24.6 Å². The summed E-state index contributed by atoms with van der Waals surface area (Å²) in [6.45, 7) is 2.83. The van der Waals surface area contributed by atoms with Crippen molar-refractivity contribution in [2.75, 3.05) is 6.61 Å². The third-order valence-electron chi connectivity index (χ3n) is 1.85. The van der Waals surface area contributed by atoms with Gasteiger partial charge in [0.1, 0.15) is 0 Å². The number of hydrogen-bond donors (Lipinski definition) is 2. The SMILES string of the molecule is C[C@@H](N)COCc1ccc(C(=O)O)cc1.Cl. The Morgan fingerprint density at radius 2 is 2.00 bits per heavy atom. The van der Waals surface area contributed by atoms with Crippen LogP contribution in [0, 0.1) is 0 Å². The minimum atomic E-state index is -0.918. The Hall–Kier alpha value is -1.10. The van der Waals surface area contributed by atoms with Gasteiger partial charge in [0.15, 0.2) is 0 Å². The zero-order chi connectivity index (χ0) is 11.3. The fourth-order valence-electron chi connectivity index (χ4n) is 1.11. The number of carboxylic acids is 1. The highest BCUT2D eigenvalue weighted by Gasteiger charge is 2.01. The topological polar surface area (TPSA) is 72.5 Å². The lowest BCUT2D eigenvalue weighted by atomic mass is 10.1. The van der Waals surface area contributed by atoms with Gasteiger partial charge < -0.3 is 15.6 Å². The molecule has 0 heterocycles. The van der Waals surface area contributed by atoms with Crippen LogP contribution in [0.5, 0.6) is 0 Å². The summed E-state index contributed by atoms with van der Waals surface area (Å²) in [4.78, 5) is 10.6. The van der Waals surface area contributed by atoms with E-state index in [0.717, 1.165) is 5.56 Å². The maximum Gasteiger partial charge on any atom is 0.335 e. The molecule has 1 aromatic carbocycles. The maximum atomic E-state index is 10.6. The molecule has 0 amide bonds. The molecular weight excluding hydrogens is 230 g/mol. The van der Waals surface area contributed by atoms with Gasteiger partial charge in [-0.2, -0.15) is 0 Å². The zero-order valence-electron chi connectivity index (χ0n) is 9.05. The highest BCUT2D eigenvalue weighted by atomic mass is 35.5. The predicted octanol–water partition coefficient (Wildman–Crippen LogP) is 1.67. The molecule has 0 unspecified atom stereocenters. The van der Waals surface area contributed by atoms with Crippen molar-refractivity contribution in [2.45, 2.75) is 19.6 Å². The van der Waals surface area contributed by atoms with Gasteiger partial charge in [0.2, 0.25) is 0 Å². The number of hydrogen-bond acceptors (Lipinski definition) is 3. The van der Waals surface area contributed by atoms with Crippen LogP contribution >= 0.6 is 12.4 Å². The molecule has 90 valence electrons. The molecular formula is C11H16ClNO3. The Labute approximate surface area is 101 Å². The van der Waals surface area contributed by atoms with Crippen LogP contribution in [-0.2, 0) is 11.3 Å². The third-order valence-corrected chi connectivity index (χ3v) is 1.85. The standard InChI is InChI=1S/C11H15NO3.ClH/c1-8(12)6-15-7-9-2-4-10(5-3-9)11(13)14;/h2-5,8H,6-7,12H2,1H3,(H,13,14);1H/t8-;/m1./s1. The molecule has 0 aromatic heterocycles. The normalized spacial score (nSPS) is 11.6. The van der Waals surface area contributed by atoms with Crippen molar-refractivity contribution < 1.29 is 14.6 Å². The Kier molecular flexibility index (Phi) is 6.72. The molecule has 0 aliphatic heterocycles. The van der Waals surface area contributed by atoms with Gasteiger partial charge >= 0.3 is 5.97 Å². The van der Waals surface area contributed by atoms with Crippen LogP contribution in [0.1, 0.15) is 22.8 Å². The molecule has 5 heteroatoms. The fraction of sp³-hybridized carbons (Fsp3) is 0.364. The van der Waals surface area contributed by atoms with Gasteiger partial charge in [-0.3, -0.25) is 0 Å². The molecule has 4 nitrogen and oxygen atoms in total. The van der Waals surface area contributed by atoms with Crippen molar-refractivity contribution in [1.29, 1.82) is 0 Å². The molecule has 1 rings (SSSR count). The van der Waals surface area contributed by atoms with Crippen molar-refractivity contribution in [3.05, 3.63) is 35.4 Å². The van der Waals surface area contributed by atoms with Crippen molar-refractivity contribution in [3.63, 3.8) is 0 Å². The Balaban J connectivity index is 0.00000225. The number of carboxylic acid groups (broad SMARTS) is 1. The summed E-state index contributed by atoms with van der Waals surface area (Å²) in [6.07, 6.45) is 0. The number of halogens is 1. The van der Waals surface area contributed by atoms with Crippen LogP contribution in [0.15, 0.2) is 24.3 Å². The van der Waals surface area contributed by atoms with E-state index in [0.29, 0.717) is 13.2 Å². The van der Waals surface area contributed by atoms with Crippen LogP contribution in [0.3, 0.4) is 0 Å². The van der Waals surface area contributed by atoms with Gasteiger partial charge in [0, 0.05) is 6.04 Å². The molecule has 0 saturated heterocycles. The van der Waals surface area contributed by atoms with Gasteiger partial charge in [0.05, 0.1) is 18.8 Å². The van der Waals surface area contributed by atoms with E-state index in [9.17, 15) is 4.79 Å². The minimum absolute atomic E-state index is 0. The van der Waals surface area contributed by atoms with E-state index in [4.69, 9.17) is 15.6 Å². The van der Waals surface area contributed by atoms with Crippen LogP contribution < -0.4 is 5.73 Å². The van der Waals surface area contributed by atoms with E-state index in [1.54, 1.807) is 24.3 Å². The monoisotopic (exact) mass is 245 g/mol. The average molecular weight is 246 g/mol. The molecule has 3 N–H and O–H groups in total. The Bertz CT molecular complexity index is 325. The number of rotatable bonds is 5. The molecule has 1 aromatic rings. The van der Waals surface area contributed by atoms with Gasteiger partial charge in [0.25, 0.3) is 0 Å². The van der Waals surface area contributed by atoms with Crippen molar-refractivity contribution >= 4 is 18.4 Å².